The highest BCUT2D eigenvalue weighted by molar-refractivity contribution is 7.47. The van der Waals surface area contributed by atoms with Crippen molar-refractivity contribution in [2.24, 2.45) is 11.8 Å². The number of esters is 4. The Hall–Kier alpha value is -1.94. The van der Waals surface area contributed by atoms with Crippen molar-refractivity contribution < 1.29 is 80.2 Å². The molecular weight excluding hydrogens is 1030 g/mol. The van der Waals surface area contributed by atoms with E-state index >= 15 is 0 Å². The van der Waals surface area contributed by atoms with E-state index in [0.717, 1.165) is 127 Å². The largest absolute Gasteiger partial charge is 0.472 e. The third-order valence-corrected chi connectivity index (χ3v) is 15.5. The fraction of sp³-hybridized carbons (Fsp3) is 0.931. The first kappa shape index (κ1) is 75.1. The van der Waals surface area contributed by atoms with E-state index in [-0.39, 0.29) is 25.7 Å². The number of hydrogen-bond acceptors (Lipinski definition) is 15. The van der Waals surface area contributed by atoms with Crippen LogP contribution in [0, 0.1) is 11.8 Å². The number of hydrogen-bond donors (Lipinski definition) is 3. The topological polar surface area (TPSA) is 237 Å². The molecule has 0 fully saturated rings. The van der Waals surface area contributed by atoms with Crippen LogP contribution in [0.25, 0.3) is 0 Å². The van der Waals surface area contributed by atoms with Crippen molar-refractivity contribution >= 4 is 39.5 Å². The summed E-state index contributed by atoms with van der Waals surface area (Å²) in [4.78, 5) is 71.7. The predicted molar refractivity (Wildman–Crippen MR) is 303 cm³/mol. The molecule has 0 rings (SSSR count). The Morgan fingerprint density at radius 1 is 0.377 bits per heavy atom. The predicted octanol–water partition coefficient (Wildman–Crippen LogP) is 15.3. The molecular formula is C58H112O17P2. The molecule has 0 saturated carbocycles. The van der Waals surface area contributed by atoms with Gasteiger partial charge in [-0.15, -0.1) is 0 Å². The summed E-state index contributed by atoms with van der Waals surface area (Å²) in [5, 5.41) is 10.5. The first-order valence-corrected chi connectivity index (χ1v) is 33.5. The molecule has 456 valence electrons. The second-order valence-corrected chi connectivity index (χ2v) is 24.7. The highest BCUT2D eigenvalue weighted by Crippen LogP contribution is 2.45. The van der Waals surface area contributed by atoms with Gasteiger partial charge in [-0.25, -0.2) is 9.13 Å². The van der Waals surface area contributed by atoms with E-state index in [1.54, 1.807) is 0 Å². The summed E-state index contributed by atoms with van der Waals surface area (Å²) in [6, 6.07) is 0. The molecule has 0 saturated heterocycles. The number of phosphoric acid groups is 2. The smallest absolute Gasteiger partial charge is 0.462 e. The zero-order valence-electron chi connectivity index (χ0n) is 49.2. The lowest BCUT2D eigenvalue weighted by molar-refractivity contribution is -0.161. The number of aliphatic hydroxyl groups excluding tert-OH is 1. The van der Waals surface area contributed by atoms with Gasteiger partial charge in [-0.3, -0.25) is 37.3 Å². The van der Waals surface area contributed by atoms with Gasteiger partial charge >= 0.3 is 39.5 Å². The Morgan fingerprint density at radius 3 is 0.987 bits per heavy atom. The van der Waals surface area contributed by atoms with E-state index < -0.39 is 97.5 Å². The van der Waals surface area contributed by atoms with E-state index in [4.69, 9.17) is 37.0 Å². The van der Waals surface area contributed by atoms with Crippen LogP contribution in [0.4, 0.5) is 0 Å². The maximum Gasteiger partial charge on any atom is 0.472 e. The highest BCUT2D eigenvalue weighted by Gasteiger charge is 2.30. The third kappa shape index (κ3) is 51.9. The number of carbonyl (C=O) groups excluding carboxylic acids is 4. The van der Waals surface area contributed by atoms with Gasteiger partial charge in [0.1, 0.15) is 19.3 Å². The van der Waals surface area contributed by atoms with Crippen molar-refractivity contribution in [1.29, 1.82) is 0 Å². The number of aliphatic hydroxyl groups is 1. The number of ether oxygens (including phenoxy) is 4. The van der Waals surface area contributed by atoms with E-state index in [2.05, 4.69) is 41.5 Å². The van der Waals surface area contributed by atoms with Crippen LogP contribution < -0.4 is 0 Å². The maximum atomic E-state index is 12.9. The van der Waals surface area contributed by atoms with E-state index in [1.807, 2.05) is 0 Å². The zero-order valence-corrected chi connectivity index (χ0v) is 51.0. The summed E-state index contributed by atoms with van der Waals surface area (Å²) < 4.78 is 67.5. The molecule has 77 heavy (non-hydrogen) atoms. The summed E-state index contributed by atoms with van der Waals surface area (Å²) in [7, 11) is -9.87. The van der Waals surface area contributed by atoms with Crippen LogP contribution in [0.5, 0.6) is 0 Å². The summed E-state index contributed by atoms with van der Waals surface area (Å²) in [6.07, 6.45) is 30.9. The van der Waals surface area contributed by atoms with Crippen molar-refractivity contribution in [2.45, 2.75) is 297 Å². The SMILES string of the molecule is CCCCCCCCCC(=O)OC[C@H](COP(=O)(O)OC[C@H](O)COP(=O)(O)OC[C@@H](COC(=O)CCCCCCCCCCC(C)C)OC(=O)CCCCCCCCCCC(C)CC)OC(=O)CCCCCCCCC. The van der Waals surface area contributed by atoms with Gasteiger partial charge < -0.3 is 33.8 Å². The van der Waals surface area contributed by atoms with Crippen LogP contribution in [-0.4, -0.2) is 96.7 Å². The molecule has 0 radical (unpaired) electrons. The molecule has 0 aliphatic rings. The van der Waals surface area contributed by atoms with Gasteiger partial charge in [-0.2, -0.15) is 0 Å². The molecule has 0 aromatic rings. The Morgan fingerprint density at radius 2 is 0.662 bits per heavy atom. The third-order valence-electron chi connectivity index (χ3n) is 13.6. The lowest BCUT2D eigenvalue weighted by Crippen LogP contribution is -2.30. The summed E-state index contributed by atoms with van der Waals surface area (Å²) in [6.45, 7) is 9.32. The van der Waals surface area contributed by atoms with Gasteiger partial charge in [0.2, 0.25) is 0 Å². The van der Waals surface area contributed by atoms with Crippen LogP contribution in [0.2, 0.25) is 0 Å². The molecule has 0 aromatic carbocycles. The summed E-state index contributed by atoms with van der Waals surface area (Å²) >= 11 is 0. The molecule has 3 unspecified atom stereocenters. The van der Waals surface area contributed by atoms with E-state index in [9.17, 15) is 43.2 Å². The highest BCUT2D eigenvalue weighted by atomic mass is 31.2. The Kier molecular flexibility index (Phi) is 49.7. The molecule has 0 aliphatic heterocycles. The molecule has 17 nitrogen and oxygen atoms in total. The molecule has 19 heteroatoms. The lowest BCUT2D eigenvalue weighted by atomic mass is 9.99. The quantitative estimate of drug-likeness (QED) is 0.0222. The minimum Gasteiger partial charge on any atom is -0.462 e. The lowest BCUT2D eigenvalue weighted by Gasteiger charge is -2.21. The molecule has 0 aromatic heterocycles. The number of unbranched alkanes of at least 4 members (excludes halogenated alkanes) is 26. The monoisotopic (exact) mass is 1140 g/mol. The van der Waals surface area contributed by atoms with E-state index in [0.29, 0.717) is 25.7 Å². The second kappa shape index (κ2) is 51.0. The van der Waals surface area contributed by atoms with Crippen molar-refractivity contribution in [3.8, 4) is 0 Å². The zero-order chi connectivity index (χ0) is 57.3. The van der Waals surface area contributed by atoms with Crippen molar-refractivity contribution in [2.75, 3.05) is 39.6 Å². The Bertz CT molecular complexity index is 1530. The molecule has 6 atom stereocenters. The molecule has 0 aliphatic carbocycles. The van der Waals surface area contributed by atoms with Crippen molar-refractivity contribution in [1.82, 2.24) is 0 Å². The van der Waals surface area contributed by atoms with Gasteiger partial charge in [-0.1, -0.05) is 228 Å². The Balaban J connectivity index is 5.21. The molecule has 0 bridgehead atoms. The standard InChI is InChI=1S/C58H112O17P2/c1-7-10-12-14-20-28-34-40-55(60)68-46-53(74-57(62)42-36-30-21-15-13-11-8-2)48-72-76(64,65)70-44-52(59)45-71-77(66,67)73-49-54(47-69-56(61)41-35-29-24-18-16-22-26-32-38-50(4)5)75-58(63)43-37-31-25-19-17-23-27-33-39-51(6)9-3/h50-54,59H,7-49H2,1-6H3,(H,64,65)(H,66,67)/t51?,52-,53+,54+/m0/s1. The van der Waals surface area contributed by atoms with Crippen molar-refractivity contribution in [3.05, 3.63) is 0 Å². The van der Waals surface area contributed by atoms with Crippen molar-refractivity contribution in [3.63, 3.8) is 0 Å². The van der Waals surface area contributed by atoms with Gasteiger partial charge in [0.25, 0.3) is 0 Å². The van der Waals surface area contributed by atoms with E-state index in [1.165, 1.54) is 70.6 Å². The number of carbonyl (C=O) groups is 4. The fourth-order valence-corrected chi connectivity index (χ4v) is 10.0. The first-order chi connectivity index (χ1) is 36.9. The van der Waals surface area contributed by atoms with Gasteiger partial charge in [0, 0.05) is 25.7 Å². The normalized spacial score (nSPS) is 14.8. The van der Waals surface area contributed by atoms with Gasteiger partial charge in [0.05, 0.1) is 26.4 Å². The summed E-state index contributed by atoms with van der Waals surface area (Å²) in [5.41, 5.74) is 0. The molecule has 0 amide bonds. The average molecular weight is 1140 g/mol. The van der Waals surface area contributed by atoms with Gasteiger partial charge in [-0.05, 0) is 37.5 Å². The van der Waals surface area contributed by atoms with Crippen LogP contribution in [0.3, 0.4) is 0 Å². The molecule has 0 heterocycles. The van der Waals surface area contributed by atoms with Gasteiger partial charge in [0.15, 0.2) is 12.2 Å². The minimum atomic E-state index is -4.94. The van der Waals surface area contributed by atoms with Crippen LogP contribution in [-0.2, 0) is 65.4 Å². The fourth-order valence-electron chi connectivity index (χ4n) is 8.44. The van der Waals surface area contributed by atoms with Crippen LogP contribution >= 0.6 is 15.6 Å². The van der Waals surface area contributed by atoms with Crippen LogP contribution in [0.15, 0.2) is 0 Å². The molecule has 0 spiro atoms. The first-order valence-electron chi connectivity index (χ1n) is 30.5. The average Bonchev–Trinajstić information content (AvgIpc) is 3.39. The molecule has 3 N–H and O–H groups in total. The number of phosphoric ester groups is 2. The van der Waals surface area contributed by atoms with Crippen LogP contribution in [0.1, 0.15) is 279 Å². The number of rotatable bonds is 57. The Labute approximate surface area is 467 Å². The minimum absolute atomic E-state index is 0.103. The summed E-state index contributed by atoms with van der Waals surface area (Å²) in [5.74, 6) is -0.657. The second-order valence-electron chi connectivity index (χ2n) is 21.7. The maximum absolute atomic E-state index is 12.9.